The number of ketones is 1. The molecule has 0 saturated carbocycles. The second-order valence-corrected chi connectivity index (χ2v) is 2.38. The van der Waals surface area contributed by atoms with Gasteiger partial charge in [-0.05, 0) is 12.5 Å². The second-order valence-electron chi connectivity index (χ2n) is 2.38. The average Bonchev–Trinajstić information content (AvgIpc) is 2.30. The Morgan fingerprint density at radius 1 is 1.27 bits per heavy atom. The summed E-state index contributed by atoms with van der Waals surface area (Å²) in [7, 11) is 0. The fourth-order valence-electron chi connectivity index (χ4n) is 0.671. The first-order chi connectivity index (χ1) is 7.04. The van der Waals surface area contributed by atoms with Crippen molar-refractivity contribution in [3.8, 4) is 0 Å². The summed E-state index contributed by atoms with van der Waals surface area (Å²) in [6, 6.07) is 0. The first-order valence-electron chi connectivity index (χ1n) is 5.59. The summed E-state index contributed by atoms with van der Waals surface area (Å²) in [4.78, 5) is 10.5. The smallest absolute Gasteiger partial charge is 0.288 e. The van der Waals surface area contributed by atoms with Crippen LogP contribution in [0.1, 0.15) is 53.9 Å². The molecule has 0 fully saturated rings. The maximum atomic E-state index is 12.6. The highest BCUT2D eigenvalue weighted by atomic mass is 19.3. The van der Waals surface area contributed by atoms with Crippen LogP contribution in [0.15, 0.2) is 12.7 Å². The molecule has 92 valence electrons. The minimum atomic E-state index is -3.20. The first-order valence-corrected chi connectivity index (χ1v) is 5.59. The summed E-state index contributed by atoms with van der Waals surface area (Å²) >= 11 is 0. The zero-order chi connectivity index (χ0) is 12.9. The van der Waals surface area contributed by atoms with Crippen molar-refractivity contribution in [1.29, 1.82) is 0 Å². The van der Waals surface area contributed by atoms with Crippen molar-refractivity contribution in [3.63, 3.8) is 0 Å². The van der Waals surface area contributed by atoms with E-state index in [2.05, 4.69) is 6.58 Å². The Morgan fingerprint density at radius 2 is 1.67 bits per heavy atom. The van der Waals surface area contributed by atoms with Gasteiger partial charge in [0.25, 0.3) is 0 Å². The Hall–Kier alpha value is -0.730. The molecule has 0 spiro atoms. The van der Waals surface area contributed by atoms with Crippen molar-refractivity contribution in [1.82, 2.24) is 0 Å². The van der Waals surface area contributed by atoms with E-state index in [9.17, 15) is 13.6 Å². The number of allylic oxidation sites excluding steroid dienone is 1. The molecule has 1 nitrogen and oxygen atoms in total. The van der Waals surface area contributed by atoms with Crippen molar-refractivity contribution in [2.24, 2.45) is 0 Å². The lowest BCUT2D eigenvalue weighted by Gasteiger charge is -2.10. The molecule has 3 heteroatoms. The van der Waals surface area contributed by atoms with Crippen LogP contribution in [-0.4, -0.2) is 11.7 Å². The van der Waals surface area contributed by atoms with E-state index in [4.69, 9.17) is 0 Å². The van der Waals surface area contributed by atoms with Gasteiger partial charge in [0, 0.05) is 6.42 Å². The highest BCUT2D eigenvalue weighted by Gasteiger charge is 2.34. The molecule has 0 aromatic heterocycles. The average molecular weight is 222 g/mol. The van der Waals surface area contributed by atoms with Crippen LogP contribution in [0.4, 0.5) is 8.78 Å². The molecule has 0 radical (unpaired) electrons. The van der Waals surface area contributed by atoms with Crippen LogP contribution in [0.2, 0.25) is 0 Å². The predicted molar refractivity (Wildman–Crippen MR) is 62.4 cm³/mol. The van der Waals surface area contributed by atoms with Gasteiger partial charge in [0.1, 0.15) is 0 Å². The summed E-state index contributed by atoms with van der Waals surface area (Å²) in [5.41, 5.74) is 0. The van der Waals surface area contributed by atoms with Gasteiger partial charge in [0.2, 0.25) is 5.78 Å². The van der Waals surface area contributed by atoms with E-state index in [-0.39, 0.29) is 6.42 Å². The Balaban J connectivity index is -0.000000318. The lowest BCUT2D eigenvalue weighted by Crippen LogP contribution is -2.26. The van der Waals surface area contributed by atoms with Crippen molar-refractivity contribution < 1.29 is 13.6 Å². The van der Waals surface area contributed by atoms with Crippen molar-refractivity contribution in [2.45, 2.75) is 59.8 Å². The summed E-state index contributed by atoms with van der Waals surface area (Å²) < 4.78 is 25.2. The molecule has 0 aromatic rings. The van der Waals surface area contributed by atoms with E-state index < -0.39 is 11.7 Å². The van der Waals surface area contributed by atoms with Crippen LogP contribution in [0.3, 0.4) is 0 Å². The summed E-state index contributed by atoms with van der Waals surface area (Å²) in [5.74, 6) is -4.37. The highest BCUT2D eigenvalue weighted by molar-refractivity contribution is 5.95. The highest BCUT2D eigenvalue weighted by Crippen LogP contribution is 2.22. The van der Waals surface area contributed by atoms with E-state index in [0.29, 0.717) is 18.9 Å². The van der Waals surface area contributed by atoms with Crippen LogP contribution < -0.4 is 0 Å². The molecule has 0 N–H and O–H groups in total. The number of hydrogen-bond acceptors (Lipinski definition) is 1. The van der Waals surface area contributed by atoms with Crippen molar-refractivity contribution in [2.75, 3.05) is 0 Å². The molecule has 0 aliphatic heterocycles. The molecule has 0 aliphatic rings. The van der Waals surface area contributed by atoms with Gasteiger partial charge in [0.05, 0.1) is 0 Å². The van der Waals surface area contributed by atoms with Crippen LogP contribution >= 0.6 is 0 Å². The van der Waals surface area contributed by atoms with Gasteiger partial charge in [0.15, 0.2) is 0 Å². The number of alkyl halides is 2. The second kappa shape index (κ2) is 13.3. The van der Waals surface area contributed by atoms with Crippen LogP contribution in [0.25, 0.3) is 0 Å². The van der Waals surface area contributed by atoms with Gasteiger partial charge >= 0.3 is 5.92 Å². The van der Waals surface area contributed by atoms with Crippen LogP contribution in [0.5, 0.6) is 0 Å². The molecule has 0 heterocycles. The van der Waals surface area contributed by atoms with E-state index in [1.807, 2.05) is 27.7 Å². The lowest BCUT2D eigenvalue weighted by atomic mass is 10.1. The zero-order valence-corrected chi connectivity index (χ0v) is 10.6. The summed E-state index contributed by atoms with van der Waals surface area (Å²) in [5, 5.41) is 0. The SMILES string of the molecule is C=CC(=O)C(F)(F)CCCC.CC.CC. The fourth-order valence-corrected chi connectivity index (χ4v) is 0.671. The number of rotatable bonds is 5. The van der Waals surface area contributed by atoms with E-state index in [1.54, 1.807) is 6.92 Å². The van der Waals surface area contributed by atoms with Gasteiger partial charge in [-0.3, -0.25) is 4.79 Å². The Kier molecular flexibility index (Phi) is 17.5. The molecule has 0 aliphatic carbocycles. The zero-order valence-electron chi connectivity index (χ0n) is 10.6. The molecule has 0 bridgehead atoms. The topological polar surface area (TPSA) is 17.1 Å². The third-order valence-corrected chi connectivity index (χ3v) is 1.39. The van der Waals surface area contributed by atoms with Crippen LogP contribution in [0, 0.1) is 0 Å². The third-order valence-electron chi connectivity index (χ3n) is 1.39. The Labute approximate surface area is 92.6 Å². The molecular weight excluding hydrogens is 198 g/mol. The molecule has 0 rings (SSSR count). The third kappa shape index (κ3) is 11.2. The van der Waals surface area contributed by atoms with Gasteiger partial charge in [-0.2, -0.15) is 8.78 Å². The number of carbonyl (C=O) groups is 1. The molecule has 0 unspecified atom stereocenters. The number of unbranched alkanes of at least 4 members (excludes halogenated alkanes) is 1. The molecule has 0 saturated heterocycles. The van der Waals surface area contributed by atoms with Crippen molar-refractivity contribution in [3.05, 3.63) is 12.7 Å². The Bertz CT molecular complexity index is 154. The minimum Gasteiger partial charge on any atom is -0.288 e. The van der Waals surface area contributed by atoms with E-state index >= 15 is 0 Å². The Morgan fingerprint density at radius 3 is 1.93 bits per heavy atom. The van der Waals surface area contributed by atoms with Crippen molar-refractivity contribution >= 4 is 5.78 Å². The summed E-state index contributed by atoms with van der Waals surface area (Å²) in [6.45, 7) is 12.8. The minimum absolute atomic E-state index is 0.367. The summed E-state index contributed by atoms with van der Waals surface area (Å²) in [6.07, 6.45) is 1.34. The van der Waals surface area contributed by atoms with E-state index in [1.165, 1.54) is 0 Å². The monoisotopic (exact) mass is 222 g/mol. The molecule has 0 aromatic carbocycles. The van der Waals surface area contributed by atoms with Gasteiger partial charge in [-0.1, -0.05) is 47.6 Å². The maximum absolute atomic E-state index is 12.6. The molecule has 0 atom stereocenters. The van der Waals surface area contributed by atoms with Gasteiger partial charge < -0.3 is 0 Å². The largest absolute Gasteiger partial charge is 0.309 e. The molecule has 0 amide bonds. The fraction of sp³-hybridized carbons (Fsp3) is 0.750. The lowest BCUT2D eigenvalue weighted by molar-refractivity contribution is -0.138. The van der Waals surface area contributed by atoms with Crippen LogP contribution in [-0.2, 0) is 4.79 Å². The van der Waals surface area contributed by atoms with Gasteiger partial charge in [-0.25, -0.2) is 0 Å². The molecule has 15 heavy (non-hydrogen) atoms. The maximum Gasteiger partial charge on any atom is 0.309 e. The number of carbonyl (C=O) groups excluding carboxylic acids is 1. The first kappa shape index (κ1) is 19.8. The standard InChI is InChI=1S/C8H12F2O.2C2H6/c1-3-5-6-8(9,10)7(11)4-2;2*1-2/h4H,2-3,5-6H2,1H3;2*1-2H3. The van der Waals surface area contributed by atoms with E-state index in [0.717, 1.165) is 0 Å². The number of hydrogen-bond donors (Lipinski definition) is 0. The number of halogens is 2. The quantitative estimate of drug-likeness (QED) is 0.620. The van der Waals surface area contributed by atoms with Gasteiger partial charge in [-0.15, -0.1) is 0 Å². The normalized spacial score (nSPS) is 9.00. The predicted octanol–water partition coefficient (Wildman–Crippen LogP) is 4.62. The molecular formula is C12H24F2O.